The van der Waals surface area contributed by atoms with Crippen molar-refractivity contribution in [1.29, 1.82) is 0 Å². The van der Waals surface area contributed by atoms with Crippen LogP contribution < -0.4 is 11.1 Å². The molecule has 0 spiro atoms. The van der Waals surface area contributed by atoms with Crippen molar-refractivity contribution >= 4 is 23.8 Å². The van der Waals surface area contributed by atoms with Crippen LogP contribution in [0, 0.1) is 11.3 Å². The summed E-state index contributed by atoms with van der Waals surface area (Å²) in [4.78, 5) is 44.4. The van der Waals surface area contributed by atoms with Gasteiger partial charge in [0.05, 0.1) is 19.8 Å². The summed E-state index contributed by atoms with van der Waals surface area (Å²) in [5, 5.41) is 38.4. The molecule has 0 heterocycles. The van der Waals surface area contributed by atoms with Crippen LogP contribution in [0.4, 0.5) is 0 Å². The Labute approximate surface area is 137 Å². The molecule has 7 N–H and O–H groups in total. The highest BCUT2D eigenvalue weighted by Crippen LogP contribution is 2.19. The number of carboxylic acid groups (broad SMARTS) is 2. The number of primary amides is 1. The highest BCUT2D eigenvalue weighted by Gasteiger charge is 2.34. The Morgan fingerprint density at radius 1 is 1.17 bits per heavy atom. The summed E-state index contributed by atoms with van der Waals surface area (Å²) in [6.45, 7) is 1.06. The van der Waals surface area contributed by atoms with Crippen molar-refractivity contribution in [2.75, 3.05) is 19.8 Å². The molecule has 0 aromatic carbocycles. The van der Waals surface area contributed by atoms with Gasteiger partial charge in [-0.1, -0.05) is 13.8 Å². The van der Waals surface area contributed by atoms with Gasteiger partial charge in [0.15, 0.2) is 12.0 Å². The molecule has 0 aliphatic heterocycles. The number of hydrogen-bond donors (Lipinski definition) is 6. The standard InChI is InChI=1S/C13H22N2O9/c1-13(2,5-16)8(17)10(19)15-3-7(9(14)18)24-4-6(11(20)21)12(22)23/h6-8,16-17H,3-5H2,1-2H3,(H2,14,18)(H,15,19)(H,20,21)(H,22,23)/t7?,8-/m0/s1. The number of aliphatic carboxylic acids is 2. The van der Waals surface area contributed by atoms with Gasteiger partial charge < -0.3 is 36.2 Å². The Kier molecular flexibility index (Phi) is 8.30. The molecular formula is C13H22N2O9. The van der Waals surface area contributed by atoms with Crippen LogP contribution in [0.25, 0.3) is 0 Å². The van der Waals surface area contributed by atoms with Crippen LogP contribution in [0.5, 0.6) is 0 Å². The Hall–Kier alpha value is -2.24. The molecule has 0 aromatic rings. The first-order chi connectivity index (χ1) is 10.9. The minimum atomic E-state index is -1.90. The van der Waals surface area contributed by atoms with Crippen molar-refractivity contribution in [3.05, 3.63) is 0 Å². The van der Waals surface area contributed by atoms with Gasteiger partial charge in [0.1, 0.15) is 6.10 Å². The van der Waals surface area contributed by atoms with Crippen molar-refractivity contribution in [2.24, 2.45) is 17.1 Å². The number of rotatable bonds is 11. The Bertz CT molecular complexity index is 478. The number of aliphatic hydroxyl groups is 2. The van der Waals surface area contributed by atoms with Crippen LogP contribution in [0.1, 0.15) is 13.8 Å². The van der Waals surface area contributed by atoms with Crippen molar-refractivity contribution in [2.45, 2.75) is 26.1 Å². The average Bonchev–Trinajstić information content (AvgIpc) is 2.48. The van der Waals surface area contributed by atoms with Crippen molar-refractivity contribution in [1.82, 2.24) is 5.32 Å². The lowest BCUT2D eigenvalue weighted by molar-refractivity contribution is -0.160. The summed E-state index contributed by atoms with van der Waals surface area (Å²) < 4.78 is 4.85. The molecule has 0 saturated heterocycles. The fourth-order valence-corrected chi connectivity index (χ4v) is 1.43. The number of aliphatic hydroxyl groups excluding tert-OH is 2. The minimum absolute atomic E-state index is 0.476. The zero-order valence-electron chi connectivity index (χ0n) is 13.3. The van der Waals surface area contributed by atoms with E-state index in [2.05, 4.69) is 5.32 Å². The first kappa shape index (κ1) is 21.8. The number of ether oxygens (including phenoxy) is 1. The molecule has 11 nitrogen and oxygen atoms in total. The molecule has 11 heteroatoms. The number of carboxylic acids is 2. The van der Waals surface area contributed by atoms with E-state index in [1.807, 2.05) is 0 Å². The van der Waals surface area contributed by atoms with Gasteiger partial charge in [0, 0.05) is 5.41 Å². The van der Waals surface area contributed by atoms with Gasteiger partial charge in [0.2, 0.25) is 11.8 Å². The van der Waals surface area contributed by atoms with Gasteiger partial charge in [-0.2, -0.15) is 0 Å². The SMILES string of the molecule is CC(C)(CO)[C@@H](O)C(=O)NCC(OCC(C(=O)O)C(=O)O)C(N)=O. The summed E-state index contributed by atoms with van der Waals surface area (Å²) in [6, 6.07) is 0. The summed E-state index contributed by atoms with van der Waals surface area (Å²) in [6.07, 6.45) is -3.07. The Balaban J connectivity index is 4.71. The lowest BCUT2D eigenvalue weighted by Gasteiger charge is -2.27. The molecule has 1 unspecified atom stereocenters. The zero-order chi connectivity index (χ0) is 19.1. The van der Waals surface area contributed by atoms with Gasteiger partial charge in [-0.25, -0.2) is 0 Å². The van der Waals surface area contributed by atoms with Gasteiger partial charge in [-0.05, 0) is 0 Å². The first-order valence-corrected chi connectivity index (χ1v) is 6.87. The van der Waals surface area contributed by atoms with Gasteiger partial charge >= 0.3 is 11.9 Å². The van der Waals surface area contributed by atoms with Crippen LogP contribution in [0.15, 0.2) is 0 Å². The smallest absolute Gasteiger partial charge is 0.320 e. The lowest BCUT2D eigenvalue weighted by atomic mass is 9.87. The average molecular weight is 350 g/mol. The maximum Gasteiger partial charge on any atom is 0.320 e. The van der Waals surface area contributed by atoms with Crippen LogP contribution in [-0.4, -0.2) is 76.1 Å². The summed E-state index contributed by atoms with van der Waals surface area (Å²) in [5.74, 6) is -7.18. The maximum atomic E-state index is 11.8. The summed E-state index contributed by atoms with van der Waals surface area (Å²) in [5.41, 5.74) is 3.90. The molecule has 0 aliphatic rings. The Morgan fingerprint density at radius 3 is 2.04 bits per heavy atom. The van der Waals surface area contributed by atoms with Crippen LogP contribution in [0.3, 0.4) is 0 Å². The van der Waals surface area contributed by atoms with Crippen LogP contribution in [-0.2, 0) is 23.9 Å². The fraction of sp³-hybridized carbons (Fsp3) is 0.692. The molecule has 0 rings (SSSR count). The Morgan fingerprint density at radius 2 is 1.67 bits per heavy atom. The largest absolute Gasteiger partial charge is 0.481 e. The molecule has 138 valence electrons. The summed E-state index contributed by atoms with van der Waals surface area (Å²) in [7, 11) is 0. The highest BCUT2D eigenvalue weighted by molar-refractivity contribution is 5.93. The fourth-order valence-electron chi connectivity index (χ4n) is 1.43. The monoisotopic (exact) mass is 350 g/mol. The molecule has 0 aliphatic carbocycles. The molecule has 24 heavy (non-hydrogen) atoms. The van der Waals surface area contributed by atoms with E-state index in [1.54, 1.807) is 0 Å². The minimum Gasteiger partial charge on any atom is -0.481 e. The molecule has 2 atom stereocenters. The third-order valence-electron chi connectivity index (χ3n) is 3.24. The maximum absolute atomic E-state index is 11.8. The van der Waals surface area contributed by atoms with E-state index in [-0.39, 0.29) is 0 Å². The van der Waals surface area contributed by atoms with Crippen molar-refractivity contribution in [3.63, 3.8) is 0 Å². The van der Waals surface area contributed by atoms with Crippen LogP contribution >= 0.6 is 0 Å². The third-order valence-corrected chi connectivity index (χ3v) is 3.24. The second-order valence-electron chi connectivity index (χ2n) is 5.75. The first-order valence-electron chi connectivity index (χ1n) is 6.87. The second kappa shape index (κ2) is 9.15. The number of amides is 2. The molecule has 0 radical (unpaired) electrons. The third kappa shape index (κ3) is 6.48. The normalized spacial score (nSPS) is 14.0. The summed E-state index contributed by atoms with van der Waals surface area (Å²) >= 11 is 0. The number of carbonyl (C=O) groups is 4. The van der Waals surface area contributed by atoms with E-state index in [9.17, 15) is 24.3 Å². The predicted octanol–water partition coefficient (Wildman–Crippen LogP) is -2.86. The van der Waals surface area contributed by atoms with Gasteiger partial charge in [-0.15, -0.1) is 0 Å². The molecule has 0 bridgehead atoms. The van der Waals surface area contributed by atoms with Crippen molar-refractivity contribution < 1.29 is 44.3 Å². The zero-order valence-corrected chi connectivity index (χ0v) is 13.3. The molecular weight excluding hydrogens is 328 g/mol. The predicted molar refractivity (Wildman–Crippen MR) is 77.6 cm³/mol. The van der Waals surface area contributed by atoms with E-state index in [0.717, 1.165) is 0 Å². The van der Waals surface area contributed by atoms with E-state index >= 15 is 0 Å². The van der Waals surface area contributed by atoms with Gasteiger partial charge in [0.25, 0.3) is 0 Å². The highest BCUT2D eigenvalue weighted by atomic mass is 16.5. The quantitative estimate of drug-likeness (QED) is 0.212. The topological polar surface area (TPSA) is 196 Å². The van der Waals surface area contributed by atoms with E-state index in [1.165, 1.54) is 13.8 Å². The van der Waals surface area contributed by atoms with Crippen LogP contribution in [0.2, 0.25) is 0 Å². The molecule has 0 saturated carbocycles. The second-order valence-corrected chi connectivity index (χ2v) is 5.75. The molecule has 0 aromatic heterocycles. The van der Waals surface area contributed by atoms with E-state index in [0.29, 0.717) is 0 Å². The van der Waals surface area contributed by atoms with E-state index < -0.39 is 67.1 Å². The number of nitrogens with one attached hydrogen (secondary N) is 1. The van der Waals surface area contributed by atoms with E-state index in [4.69, 9.17) is 25.8 Å². The number of hydrogen-bond acceptors (Lipinski definition) is 7. The number of carbonyl (C=O) groups excluding carboxylic acids is 2. The van der Waals surface area contributed by atoms with Crippen molar-refractivity contribution in [3.8, 4) is 0 Å². The van der Waals surface area contributed by atoms with Gasteiger partial charge in [-0.3, -0.25) is 19.2 Å². The lowest BCUT2D eigenvalue weighted by Crippen LogP contribution is -2.50. The molecule has 0 fully saturated rings. The molecule has 2 amide bonds. The number of nitrogens with two attached hydrogens (primary N) is 1.